The molecule has 0 bridgehead atoms. The van der Waals surface area contributed by atoms with Gasteiger partial charge in [-0.2, -0.15) is 0 Å². The molecule has 0 spiro atoms. The third-order valence-electron chi connectivity index (χ3n) is 4.00. The van der Waals surface area contributed by atoms with Crippen LogP contribution in [0.5, 0.6) is 0 Å². The maximum absolute atomic E-state index is 11.7. The van der Waals surface area contributed by atoms with Crippen molar-refractivity contribution in [3.8, 4) is 0 Å². The van der Waals surface area contributed by atoms with Crippen LogP contribution in [0, 0.1) is 11.8 Å². The molecule has 4 nitrogen and oxygen atoms in total. The van der Waals surface area contributed by atoms with Crippen molar-refractivity contribution in [1.29, 1.82) is 0 Å². The highest BCUT2D eigenvalue weighted by molar-refractivity contribution is 5.75. The van der Waals surface area contributed by atoms with Crippen LogP contribution >= 0.6 is 0 Å². The van der Waals surface area contributed by atoms with E-state index in [2.05, 4.69) is 24.5 Å². The summed E-state index contributed by atoms with van der Waals surface area (Å²) in [5, 5.41) is 15.7. The molecule has 0 aliphatic heterocycles. The van der Waals surface area contributed by atoms with E-state index in [0.29, 0.717) is 24.3 Å². The lowest BCUT2D eigenvalue weighted by molar-refractivity contribution is -0.121. The number of nitrogens with one attached hydrogen (secondary N) is 2. The second-order valence-corrected chi connectivity index (χ2v) is 6.00. The van der Waals surface area contributed by atoms with Gasteiger partial charge in [0.05, 0.1) is 0 Å². The number of aliphatic hydroxyl groups is 1. The quantitative estimate of drug-likeness (QED) is 0.588. The summed E-state index contributed by atoms with van der Waals surface area (Å²) in [5.41, 5.74) is 0. The van der Waals surface area contributed by atoms with Gasteiger partial charge in [-0.3, -0.25) is 4.79 Å². The minimum atomic E-state index is 0.146. The largest absolute Gasteiger partial charge is 0.396 e. The zero-order chi connectivity index (χ0) is 14.1. The number of amides is 1. The van der Waals surface area contributed by atoms with Gasteiger partial charge in [0.2, 0.25) is 5.91 Å². The molecule has 3 N–H and O–H groups in total. The minimum Gasteiger partial charge on any atom is -0.396 e. The van der Waals surface area contributed by atoms with Crippen LogP contribution in [0.3, 0.4) is 0 Å². The molecule has 1 rings (SSSR count). The molecule has 4 heteroatoms. The van der Waals surface area contributed by atoms with Gasteiger partial charge in [-0.1, -0.05) is 26.7 Å². The topological polar surface area (TPSA) is 61.4 Å². The van der Waals surface area contributed by atoms with E-state index < -0.39 is 0 Å². The molecule has 1 saturated carbocycles. The van der Waals surface area contributed by atoms with Crippen LogP contribution in [0.4, 0.5) is 0 Å². The Morgan fingerprint density at radius 1 is 1.26 bits per heavy atom. The van der Waals surface area contributed by atoms with Crippen LogP contribution in [0.25, 0.3) is 0 Å². The van der Waals surface area contributed by atoms with Crippen LogP contribution in [0.1, 0.15) is 52.4 Å². The summed E-state index contributed by atoms with van der Waals surface area (Å²) < 4.78 is 0. The summed E-state index contributed by atoms with van der Waals surface area (Å²) >= 11 is 0. The molecule has 0 aromatic rings. The standard InChI is InChI=1S/C15H30N2O2/c1-12(2)16-9-5-8-15(19)17-10-13-6-3-4-7-14(13)11-18/h12-14,16,18H,3-11H2,1-2H3,(H,17,19). The fourth-order valence-electron chi connectivity index (χ4n) is 2.77. The third kappa shape index (κ3) is 6.92. The number of aliphatic hydroxyl groups excluding tert-OH is 1. The normalized spacial score (nSPS) is 23.6. The summed E-state index contributed by atoms with van der Waals surface area (Å²) in [6.07, 6.45) is 6.18. The van der Waals surface area contributed by atoms with Crippen LogP contribution in [-0.4, -0.2) is 36.8 Å². The lowest BCUT2D eigenvalue weighted by atomic mass is 9.79. The molecular weight excluding hydrogens is 240 g/mol. The molecule has 1 aliphatic rings. The van der Waals surface area contributed by atoms with Crippen LogP contribution in [0.2, 0.25) is 0 Å². The first-order chi connectivity index (χ1) is 9.13. The van der Waals surface area contributed by atoms with Gasteiger partial charge in [0, 0.05) is 25.6 Å². The average molecular weight is 270 g/mol. The predicted molar refractivity (Wildman–Crippen MR) is 77.9 cm³/mol. The lowest BCUT2D eigenvalue weighted by Crippen LogP contribution is -2.35. The SMILES string of the molecule is CC(C)NCCCC(=O)NCC1CCCCC1CO. The molecule has 1 amide bonds. The number of hydrogen-bond donors (Lipinski definition) is 3. The van der Waals surface area contributed by atoms with Gasteiger partial charge < -0.3 is 15.7 Å². The van der Waals surface area contributed by atoms with Gasteiger partial charge in [-0.05, 0) is 37.6 Å². The molecule has 19 heavy (non-hydrogen) atoms. The van der Waals surface area contributed by atoms with E-state index >= 15 is 0 Å². The maximum atomic E-state index is 11.7. The Morgan fingerprint density at radius 2 is 1.95 bits per heavy atom. The highest BCUT2D eigenvalue weighted by Crippen LogP contribution is 2.28. The van der Waals surface area contributed by atoms with Crippen molar-refractivity contribution in [3.63, 3.8) is 0 Å². The second-order valence-electron chi connectivity index (χ2n) is 6.00. The Morgan fingerprint density at radius 3 is 2.58 bits per heavy atom. The monoisotopic (exact) mass is 270 g/mol. The van der Waals surface area contributed by atoms with E-state index in [0.717, 1.165) is 32.4 Å². The van der Waals surface area contributed by atoms with Crippen molar-refractivity contribution in [1.82, 2.24) is 10.6 Å². The highest BCUT2D eigenvalue weighted by Gasteiger charge is 2.24. The van der Waals surface area contributed by atoms with Gasteiger partial charge in [0.1, 0.15) is 0 Å². The zero-order valence-electron chi connectivity index (χ0n) is 12.5. The van der Waals surface area contributed by atoms with Crippen LogP contribution in [-0.2, 0) is 4.79 Å². The van der Waals surface area contributed by atoms with Crippen molar-refractivity contribution in [2.45, 2.75) is 58.4 Å². The van der Waals surface area contributed by atoms with Crippen molar-refractivity contribution >= 4 is 5.91 Å². The summed E-state index contributed by atoms with van der Waals surface area (Å²) in [4.78, 5) is 11.7. The molecule has 1 aliphatic carbocycles. The Kier molecular flexibility index (Phi) is 8.07. The van der Waals surface area contributed by atoms with E-state index in [4.69, 9.17) is 0 Å². The molecule has 1 fully saturated rings. The summed E-state index contributed by atoms with van der Waals surface area (Å²) in [6.45, 7) is 6.12. The molecule has 112 valence electrons. The first-order valence-corrected chi connectivity index (χ1v) is 7.74. The molecule has 0 aromatic carbocycles. The first-order valence-electron chi connectivity index (χ1n) is 7.74. The lowest BCUT2D eigenvalue weighted by Gasteiger charge is -2.30. The van der Waals surface area contributed by atoms with E-state index in [-0.39, 0.29) is 12.5 Å². The zero-order valence-corrected chi connectivity index (χ0v) is 12.5. The molecule has 0 aromatic heterocycles. The van der Waals surface area contributed by atoms with Gasteiger partial charge in [0.25, 0.3) is 0 Å². The molecular formula is C15H30N2O2. The fourth-order valence-corrected chi connectivity index (χ4v) is 2.77. The summed E-state index contributed by atoms with van der Waals surface area (Å²) in [6, 6.07) is 0.482. The van der Waals surface area contributed by atoms with Crippen LogP contribution < -0.4 is 10.6 Å². The number of carbonyl (C=O) groups is 1. The van der Waals surface area contributed by atoms with Gasteiger partial charge in [0.15, 0.2) is 0 Å². The molecule has 0 saturated heterocycles. The van der Waals surface area contributed by atoms with Gasteiger partial charge in [-0.25, -0.2) is 0 Å². The second kappa shape index (κ2) is 9.32. The summed E-state index contributed by atoms with van der Waals surface area (Å²) in [5.74, 6) is 1.00. The molecule has 2 atom stereocenters. The smallest absolute Gasteiger partial charge is 0.220 e. The van der Waals surface area contributed by atoms with E-state index in [1.54, 1.807) is 0 Å². The highest BCUT2D eigenvalue weighted by atomic mass is 16.3. The molecule has 2 unspecified atom stereocenters. The first kappa shape index (κ1) is 16.4. The number of hydrogen-bond acceptors (Lipinski definition) is 3. The Labute approximate surface area is 117 Å². The van der Waals surface area contributed by atoms with E-state index in [1.807, 2.05) is 0 Å². The summed E-state index contributed by atoms with van der Waals surface area (Å²) in [7, 11) is 0. The van der Waals surface area contributed by atoms with Crippen molar-refractivity contribution in [2.24, 2.45) is 11.8 Å². The third-order valence-corrected chi connectivity index (χ3v) is 4.00. The molecule has 0 heterocycles. The number of carbonyl (C=O) groups excluding carboxylic acids is 1. The van der Waals surface area contributed by atoms with Crippen molar-refractivity contribution < 1.29 is 9.90 Å². The van der Waals surface area contributed by atoms with Gasteiger partial charge >= 0.3 is 0 Å². The van der Waals surface area contributed by atoms with Crippen LogP contribution in [0.15, 0.2) is 0 Å². The Bertz CT molecular complexity index is 257. The maximum Gasteiger partial charge on any atom is 0.220 e. The van der Waals surface area contributed by atoms with Crippen molar-refractivity contribution in [3.05, 3.63) is 0 Å². The average Bonchev–Trinajstić information content (AvgIpc) is 2.41. The van der Waals surface area contributed by atoms with Crippen molar-refractivity contribution in [2.75, 3.05) is 19.7 Å². The minimum absolute atomic E-state index is 0.146. The Balaban J connectivity index is 2.11. The van der Waals surface area contributed by atoms with E-state index in [1.165, 1.54) is 12.8 Å². The van der Waals surface area contributed by atoms with Gasteiger partial charge in [-0.15, -0.1) is 0 Å². The fraction of sp³-hybridized carbons (Fsp3) is 0.933. The Hall–Kier alpha value is -0.610. The molecule has 0 radical (unpaired) electrons. The van der Waals surface area contributed by atoms with E-state index in [9.17, 15) is 9.90 Å². The number of rotatable bonds is 8. The predicted octanol–water partition coefficient (Wildman–Crippen LogP) is 1.68.